The van der Waals surface area contributed by atoms with Gasteiger partial charge in [0.1, 0.15) is 0 Å². The van der Waals surface area contributed by atoms with E-state index in [-0.39, 0.29) is 0 Å². The molecular weight excluding hydrogens is 260 g/mol. The first-order valence-corrected chi connectivity index (χ1v) is 8.35. The molecule has 1 amide bonds. The van der Waals surface area contributed by atoms with Crippen LogP contribution in [0.15, 0.2) is 24.3 Å². The van der Waals surface area contributed by atoms with Crippen LogP contribution in [0.1, 0.15) is 56.2 Å². The number of carbonyl (C=O) groups is 1. The lowest BCUT2D eigenvalue weighted by Gasteiger charge is -2.27. The molecule has 0 bridgehead atoms. The normalized spacial score (nSPS) is 23.8. The van der Waals surface area contributed by atoms with E-state index in [0.29, 0.717) is 18.0 Å². The fourth-order valence-electron chi connectivity index (χ4n) is 3.72. The van der Waals surface area contributed by atoms with Gasteiger partial charge in [0.2, 0.25) is 5.91 Å². The van der Waals surface area contributed by atoms with Crippen LogP contribution in [0, 0.1) is 0 Å². The molecule has 1 aliphatic carbocycles. The highest BCUT2D eigenvalue weighted by Gasteiger charge is 2.24. The second-order valence-corrected chi connectivity index (χ2v) is 6.51. The Bertz CT molecular complexity index is 500. The van der Waals surface area contributed by atoms with Crippen molar-refractivity contribution in [2.75, 3.05) is 13.1 Å². The average Bonchev–Trinajstić information content (AvgIpc) is 2.77. The molecule has 3 nitrogen and oxygen atoms in total. The Morgan fingerprint density at radius 1 is 1.24 bits per heavy atom. The summed E-state index contributed by atoms with van der Waals surface area (Å²) in [5, 5.41) is 3.77. The van der Waals surface area contributed by atoms with E-state index in [0.717, 1.165) is 25.9 Å². The predicted molar refractivity (Wildman–Crippen MR) is 85.1 cm³/mol. The molecule has 1 aromatic carbocycles. The Balaban J connectivity index is 1.65. The van der Waals surface area contributed by atoms with Gasteiger partial charge in [-0.15, -0.1) is 0 Å². The summed E-state index contributed by atoms with van der Waals surface area (Å²) in [6, 6.07) is 9.62. The molecule has 0 spiro atoms. The topological polar surface area (TPSA) is 32.3 Å². The second-order valence-electron chi connectivity index (χ2n) is 6.51. The summed E-state index contributed by atoms with van der Waals surface area (Å²) >= 11 is 0. The molecule has 3 heteroatoms. The molecule has 2 aliphatic rings. The molecule has 1 fully saturated rings. The standard InChI is InChI=1S/C18H26N2O/c1-14(13-20-12-6-11-18(20)21)19-17-10-5-3-8-15-7-2-4-9-16(15)17/h2,4,7,9,14,17,19H,3,5-6,8,10-13H2,1H3. The fraction of sp³-hybridized carbons (Fsp3) is 0.611. The first kappa shape index (κ1) is 14.6. The summed E-state index contributed by atoms with van der Waals surface area (Å²) in [5.74, 6) is 0.324. The van der Waals surface area contributed by atoms with Crippen LogP contribution in [0.3, 0.4) is 0 Å². The molecule has 21 heavy (non-hydrogen) atoms. The number of hydrogen-bond donors (Lipinski definition) is 1. The molecule has 2 atom stereocenters. The van der Waals surface area contributed by atoms with Crippen LogP contribution in [0.4, 0.5) is 0 Å². The maximum Gasteiger partial charge on any atom is 0.222 e. The molecule has 1 saturated heterocycles. The molecule has 114 valence electrons. The highest BCUT2D eigenvalue weighted by molar-refractivity contribution is 5.78. The first-order valence-electron chi connectivity index (χ1n) is 8.35. The SMILES string of the molecule is CC(CN1CCCC1=O)NC1CCCCc2ccccc21. The summed E-state index contributed by atoms with van der Waals surface area (Å²) in [6.07, 6.45) is 6.73. The minimum atomic E-state index is 0.324. The third-order valence-electron chi connectivity index (χ3n) is 4.77. The second kappa shape index (κ2) is 6.61. The highest BCUT2D eigenvalue weighted by Crippen LogP contribution is 2.29. The minimum Gasteiger partial charge on any atom is -0.341 e. The van der Waals surface area contributed by atoms with Gasteiger partial charge in [-0.2, -0.15) is 0 Å². The number of likely N-dealkylation sites (tertiary alicyclic amines) is 1. The van der Waals surface area contributed by atoms with E-state index >= 15 is 0 Å². The van der Waals surface area contributed by atoms with E-state index in [1.165, 1.54) is 36.8 Å². The number of nitrogens with zero attached hydrogens (tertiary/aromatic N) is 1. The molecule has 1 heterocycles. The number of rotatable bonds is 4. The molecule has 1 aliphatic heterocycles. The summed E-state index contributed by atoms with van der Waals surface area (Å²) in [5.41, 5.74) is 2.96. The van der Waals surface area contributed by atoms with Crippen LogP contribution >= 0.6 is 0 Å². The molecule has 3 rings (SSSR count). The van der Waals surface area contributed by atoms with Crippen molar-refractivity contribution >= 4 is 5.91 Å². The summed E-state index contributed by atoms with van der Waals surface area (Å²) in [4.78, 5) is 13.8. The van der Waals surface area contributed by atoms with Crippen molar-refractivity contribution in [1.29, 1.82) is 0 Å². The van der Waals surface area contributed by atoms with Crippen LogP contribution in [0.2, 0.25) is 0 Å². The van der Waals surface area contributed by atoms with Gasteiger partial charge in [0, 0.05) is 31.6 Å². The molecule has 1 N–H and O–H groups in total. The van der Waals surface area contributed by atoms with Gasteiger partial charge in [-0.3, -0.25) is 4.79 Å². The third kappa shape index (κ3) is 3.46. The molecular formula is C18H26N2O. The van der Waals surface area contributed by atoms with Gasteiger partial charge in [0.05, 0.1) is 0 Å². The lowest BCUT2D eigenvalue weighted by atomic mass is 9.98. The Labute approximate surface area is 127 Å². The van der Waals surface area contributed by atoms with E-state index in [2.05, 4.69) is 36.5 Å². The van der Waals surface area contributed by atoms with Crippen molar-refractivity contribution in [3.8, 4) is 0 Å². The average molecular weight is 286 g/mol. The molecule has 2 unspecified atom stereocenters. The van der Waals surface area contributed by atoms with Gasteiger partial charge in [0.15, 0.2) is 0 Å². The number of carbonyl (C=O) groups excluding carboxylic acids is 1. The molecule has 0 radical (unpaired) electrons. The highest BCUT2D eigenvalue weighted by atomic mass is 16.2. The summed E-state index contributed by atoms with van der Waals surface area (Å²) in [6.45, 7) is 3.99. The zero-order valence-electron chi connectivity index (χ0n) is 13.0. The van der Waals surface area contributed by atoms with Gasteiger partial charge in [-0.05, 0) is 43.7 Å². The predicted octanol–water partition coefficient (Wildman–Crippen LogP) is 3.05. The number of nitrogens with one attached hydrogen (secondary N) is 1. The van der Waals surface area contributed by atoms with Crippen molar-refractivity contribution in [2.45, 2.75) is 57.5 Å². The van der Waals surface area contributed by atoms with Crippen molar-refractivity contribution in [3.05, 3.63) is 35.4 Å². The lowest BCUT2D eigenvalue weighted by molar-refractivity contribution is -0.127. The van der Waals surface area contributed by atoms with E-state index in [1.54, 1.807) is 0 Å². The van der Waals surface area contributed by atoms with Crippen LogP contribution in [-0.4, -0.2) is 29.9 Å². The van der Waals surface area contributed by atoms with Crippen LogP contribution in [0.5, 0.6) is 0 Å². The zero-order chi connectivity index (χ0) is 14.7. The fourth-order valence-corrected chi connectivity index (χ4v) is 3.72. The van der Waals surface area contributed by atoms with Gasteiger partial charge < -0.3 is 10.2 Å². The van der Waals surface area contributed by atoms with Crippen molar-refractivity contribution in [3.63, 3.8) is 0 Å². The Morgan fingerprint density at radius 3 is 2.90 bits per heavy atom. The van der Waals surface area contributed by atoms with Crippen LogP contribution in [-0.2, 0) is 11.2 Å². The molecule has 0 aromatic heterocycles. The third-order valence-corrected chi connectivity index (χ3v) is 4.77. The number of hydrogen-bond acceptors (Lipinski definition) is 2. The summed E-state index contributed by atoms with van der Waals surface area (Å²) in [7, 11) is 0. The van der Waals surface area contributed by atoms with Gasteiger partial charge in [-0.25, -0.2) is 0 Å². The van der Waals surface area contributed by atoms with Crippen molar-refractivity contribution in [2.24, 2.45) is 0 Å². The molecule has 0 saturated carbocycles. The van der Waals surface area contributed by atoms with Gasteiger partial charge in [-0.1, -0.05) is 30.7 Å². The zero-order valence-corrected chi connectivity index (χ0v) is 13.0. The van der Waals surface area contributed by atoms with Crippen molar-refractivity contribution < 1.29 is 4.79 Å². The Kier molecular flexibility index (Phi) is 4.59. The van der Waals surface area contributed by atoms with Gasteiger partial charge in [0.25, 0.3) is 0 Å². The Hall–Kier alpha value is -1.35. The maximum atomic E-state index is 11.8. The number of amides is 1. The number of benzene rings is 1. The van der Waals surface area contributed by atoms with E-state index in [1.807, 2.05) is 4.90 Å². The lowest BCUT2D eigenvalue weighted by Crippen LogP contribution is -2.41. The number of fused-ring (bicyclic) bond motifs is 1. The monoisotopic (exact) mass is 286 g/mol. The maximum absolute atomic E-state index is 11.8. The minimum absolute atomic E-state index is 0.324. The quantitative estimate of drug-likeness (QED) is 0.863. The smallest absolute Gasteiger partial charge is 0.222 e. The van der Waals surface area contributed by atoms with E-state index < -0.39 is 0 Å². The van der Waals surface area contributed by atoms with Crippen molar-refractivity contribution in [1.82, 2.24) is 10.2 Å². The first-order chi connectivity index (χ1) is 10.2. The largest absolute Gasteiger partial charge is 0.341 e. The van der Waals surface area contributed by atoms with Crippen LogP contribution in [0.25, 0.3) is 0 Å². The van der Waals surface area contributed by atoms with Crippen LogP contribution < -0.4 is 5.32 Å². The Morgan fingerprint density at radius 2 is 2.10 bits per heavy atom. The number of aryl methyl sites for hydroxylation is 1. The van der Waals surface area contributed by atoms with E-state index in [4.69, 9.17) is 0 Å². The van der Waals surface area contributed by atoms with Gasteiger partial charge >= 0.3 is 0 Å². The summed E-state index contributed by atoms with van der Waals surface area (Å²) < 4.78 is 0. The molecule has 1 aromatic rings. The van der Waals surface area contributed by atoms with E-state index in [9.17, 15) is 4.79 Å².